The van der Waals surface area contributed by atoms with Gasteiger partial charge in [-0.05, 0) is 44.1 Å². The molecule has 2 nitrogen and oxygen atoms in total. The second-order valence-electron chi connectivity index (χ2n) is 3.82. The van der Waals surface area contributed by atoms with Gasteiger partial charge in [-0.1, -0.05) is 23.2 Å². The van der Waals surface area contributed by atoms with E-state index in [1.54, 1.807) is 18.2 Å². The first-order valence-corrected chi connectivity index (χ1v) is 7.22. The molecule has 1 aromatic carbocycles. The van der Waals surface area contributed by atoms with E-state index in [-0.39, 0.29) is 17.7 Å². The van der Waals surface area contributed by atoms with Gasteiger partial charge in [0.15, 0.2) is 0 Å². The van der Waals surface area contributed by atoms with Gasteiger partial charge in [-0.25, -0.2) is 0 Å². The van der Waals surface area contributed by atoms with Crippen LogP contribution in [0.2, 0.25) is 10.0 Å². The Labute approximate surface area is 120 Å². The number of hydrogen-bond donors (Lipinski definition) is 1. The summed E-state index contributed by atoms with van der Waals surface area (Å²) < 4.78 is 12.3. The Morgan fingerprint density at radius 2 is 1.88 bits per heavy atom. The molecule has 1 aliphatic heterocycles. The van der Waals surface area contributed by atoms with Crippen molar-refractivity contribution in [2.45, 2.75) is 23.0 Å². The van der Waals surface area contributed by atoms with Crippen molar-refractivity contribution in [3.8, 4) is 0 Å². The van der Waals surface area contributed by atoms with Crippen molar-refractivity contribution in [2.75, 3.05) is 13.1 Å². The second-order valence-corrected chi connectivity index (χ2v) is 6.37. The summed E-state index contributed by atoms with van der Waals surface area (Å²) in [5, 5.41) is 4.55. The van der Waals surface area contributed by atoms with Crippen molar-refractivity contribution in [1.82, 2.24) is 5.32 Å². The summed E-state index contributed by atoms with van der Waals surface area (Å²) >= 11 is 11.9. The van der Waals surface area contributed by atoms with Gasteiger partial charge in [-0.15, -0.1) is 12.4 Å². The van der Waals surface area contributed by atoms with E-state index in [1.807, 2.05) is 0 Å². The molecule has 0 spiro atoms. The van der Waals surface area contributed by atoms with Crippen LogP contribution in [0.15, 0.2) is 23.1 Å². The molecule has 1 aromatic rings. The average Bonchev–Trinajstić information content (AvgIpc) is 2.29. The maximum atomic E-state index is 12.3. The monoisotopic (exact) mass is 313 g/mol. The normalized spacial score (nSPS) is 18.5. The molecule has 0 aromatic heterocycles. The lowest BCUT2D eigenvalue weighted by Crippen LogP contribution is -2.33. The van der Waals surface area contributed by atoms with Crippen molar-refractivity contribution < 1.29 is 4.21 Å². The molecule has 6 heteroatoms. The van der Waals surface area contributed by atoms with E-state index in [0.717, 1.165) is 25.9 Å². The summed E-state index contributed by atoms with van der Waals surface area (Å²) in [4.78, 5) is 0.706. The molecule has 1 atom stereocenters. The lowest BCUT2D eigenvalue weighted by atomic mass is 10.2. The fourth-order valence-electron chi connectivity index (χ4n) is 1.83. The van der Waals surface area contributed by atoms with Gasteiger partial charge in [-0.3, -0.25) is 4.21 Å². The highest BCUT2D eigenvalue weighted by molar-refractivity contribution is 7.85. The Kier molecular flexibility index (Phi) is 6.24. The van der Waals surface area contributed by atoms with E-state index in [2.05, 4.69) is 5.32 Å². The van der Waals surface area contributed by atoms with E-state index < -0.39 is 10.8 Å². The molecular weight excluding hydrogens is 301 g/mol. The quantitative estimate of drug-likeness (QED) is 0.907. The maximum Gasteiger partial charge on any atom is 0.0582 e. The molecule has 1 N–H and O–H groups in total. The molecule has 0 amide bonds. The minimum absolute atomic E-state index is 0. The SMILES string of the molecule is Cl.O=S(c1ccc(Cl)cc1Cl)C1CCNCC1. The minimum Gasteiger partial charge on any atom is -0.317 e. The van der Waals surface area contributed by atoms with Crippen molar-refractivity contribution in [3.05, 3.63) is 28.2 Å². The number of nitrogens with one attached hydrogen (secondary N) is 1. The van der Waals surface area contributed by atoms with Crippen LogP contribution >= 0.6 is 35.6 Å². The van der Waals surface area contributed by atoms with Crippen LogP contribution in [0.3, 0.4) is 0 Å². The van der Waals surface area contributed by atoms with Crippen LogP contribution in [-0.4, -0.2) is 22.5 Å². The molecule has 1 aliphatic rings. The predicted octanol–water partition coefficient (Wildman–Crippen LogP) is 3.27. The molecule has 1 saturated heterocycles. The zero-order chi connectivity index (χ0) is 11.5. The van der Waals surface area contributed by atoms with Crippen molar-refractivity contribution in [3.63, 3.8) is 0 Å². The fourth-order valence-corrected chi connectivity index (χ4v) is 3.94. The lowest BCUT2D eigenvalue weighted by molar-refractivity contribution is 0.519. The summed E-state index contributed by atoms with van der Waals surface area (Å²) in [7, 11) is -1.02. The molecule has 0 aliphatic carbocycles. The summed E-state index contributed by atoms with van der Waals surface area (Å²) in [5.74, 6) is 0. The molecule has 0 radical (unpaired) electrons. The van der Waals surface area contributed by atoms with Gasteiger partial charge in [0.05, 0.1) is 20.7 Å². The highest BCUT2D eigenvalue weighted by Gasteiger charge is 2.22. The van der Waals surface area contributed by atoms with E-state index >= 15 is 0 Å². The zero-order valence-corrected chi connectivity index (χ0v) is 12.3. The van der Waals surface area contributed by atoms with Crippen LogP contribution in [0.1, 0.15) is 12.8 Å². The highest BCUT2D eigenvalue weighted by Crippen LogP contribution is 2.27. The molecule has 96 valence electrons. The van der Waals surface area contributed by atoms with Crippen LogP contribution in [0.4, 0.5) is 0 Å². The molecule has 1 heterocycles. The summed E-state index contributed by atoms with van der Waals surface area (Å²) in [5.41, 5.74) is 0. The fraction of sp³-hybridized carbons (Fsp3) is 0.455. The number of rotatable bonds is 2. The second kappa shape index (κ2) is 6.95. The molecule has 0 saturated carbocycles. The molecule has 17 heavy (non-hydrogen) atoms. The topological polar surface area (TPSA) is 29.1 Å². The first kappa shape index (κ1) is 15.3. The van der Waals surface area contributed by atoms with Gasteiger partial charge >= 0.3 is 0 Å². The third-order valence-electron chi connectivity index (χ3n) is 2.70. The molecule has 0 bridgehead atoms. The van der Waals surface area contributed by atoms with E-state index in [0.29, 0.717) is 14.9 Å². The molecule has 1 unspecified atom stereocenters. The Morgan fingerprint density at radius 3 is 2.47 bits per heavy atom. The zero-order valence-electron chi connectivity index (χ0n) is 9.12. The van der Waals surface area contributed by atoms with Crippen molar-refractivity contribution in [1.29, 1.82) is 0 Å². The number of benzene rings is 1. The van der Waals surface area contributed by atoms with Gasteiger partial charge in [0.1, 0.15) is 0 Å². The van der Waals surface area contributed by atoms with Gasteiger partial charge in [0.2, 0.25) is 0 Å². The molecule has 1 fully saturated rings. The van der Waals surface area contributed by atoms with Gasteiger partial charge < -0.3 is 5.32 Å². The third kappa shape index (κ3) is 3.83. The van der Waals surface area contributed by atoms with Crippen LogP contribution in [0.5, 0.6) is 0 Å². The predicted molar refractivity (Wildman–Crippen MR) is 76.0 cm³/mol. The van der Waals surface area contributed by atoms with Crippen LogP contribution in [0, 0.1) is 0 Å². The van der Waals surface area contributed by atoms with Crippen molar-refractivity contribution >= 4 is 46.4 Å². The van der Waals surface area contributed by atoms with E-state index in [4.69, 9.17) is 23.2 Å². The Hall–Kier alpha value is 0.200. The highest BCUT2D eigenvalue weighted by atomic mass is 35.5. The van der Waals surface area contributed by atoms with E-state index in [9.17, 15) is 4.21 Å². The van der Waals surface area contributed by atoms with Gasteiger partial charge in [-0.2, -0.15) is 0 Å². The average molecular weight is 315 g/mol. The van der Waals surface area contributed by atoms with Crippen LogP contribution < -0.4 is 5.32 Å². The smallest absolute Gasteiger partial charge is 0.0582 e. The summed E-state index contributed by atoms with van der Waals surface area (Å²) in [6, 6.07) is 5.15. The summed E-state index contributed by atoms with van der Waals surface area (Å²) in [6.07, 6.45) is 1.87. The van der Waals surface area contributed by atoms with Crippen LogP contribution in [-0.2, 0) is 10.8 Å². The number of piperidine rings is 1. The Morgan fingerprint density at radius 1 is 1.24 bits per heavy atom. The van der Waals surface area contributed by atoms with Gasteiger partial charge in [0, 0.05) is 10.3 Å². The largest absolute Gasteiger partial charge is 0.317 e. The number of halogens is 3. The maximum absolute atomic E-state index is 12.3. The Balaban J connectivity index is 0.00000144. The third-order valence-corrected chi connectivity index (χ3v) is 5.23. The van der Waals surface area contributed by atoms with Crippen molar-refractivity contribution in [2.24, 2.45) is 0 Å². The van der Waals surface area contributed by atoms with Gasteiger partial charge in [0.25, 0.3) is 0 Å². The lowest BCUT2D eigenvalue weighted by Gasteiger charge is -2.22. The molecular formula is C11H14Cl3NOS. The summed E-state index contributed by atoms with van der Waals surface area (Å²) in [6.45, 7) is 1.86. The Bertz CT molecular complexity index is 408. The molecule has 2 rings (SSSR count). The minimum atomic E-state index is -1.02. The first-order chi connectivity index (χ1) is 7.68. The number of hydrogen-bond acceptors (Lipinski definition) is 2. The standard InChI is InChI=1S/C11H13Cl2NOS.ClH/c12-8-1-2-11(10(13)7-8)16(15)9-3-5-14-6-4-9;/h1-2,7,9,14H,3-6H2;1H. The first-order valence-electron chi connectivity index (χ1n) is 5.25. The van der Waals surface area contributed by atoms with E-state index in [1.165, 1.54) is 0 Å². The van der Waals surface area contributed by atoms with Crippen LogP contribution in [0.25, 0.3) is 0 Å².